The van der Waals surface area contributed by atoms with E-state index in [0.717, 1.165) is 5.92 Å². The maximum absolute atomic E-state index is 5.51. The summed E-state index contributed by atoms with van der Waals surface area (Å²) >= 11 is 0. The van der Waals surface area contributed by atoms with E-state index >= 15 is 0 Å². The molecule has 6 heteroatoms. The van der Waals surface area contributed by atoms with Crippen LogP contribution in [0, 0.1) is 5.92 Å². The molecule has 1 aliphatic carbocycles. The van der Waals surface area contributed by atoms with Crippen molar-refractivity contribution in [2.75, 3.05) is 17.7 Å². The summed E-state index contributed by atoms with van der Waals surface area (Å²) in [5.41, 5.74) is 0. The highest BCUT2D eigenvalue weighted by Gasteiger charge is 2.28. The molecule has 0 amide bonds. The van der Waals surface area contributed by atoms with Gasteiger partial charge in [0.2, 0.25) is 11.9 Å². The number of aromatic nitrogens is 3. The van der Waals surface area contributed by atoms with Gasteiger partial charge < -0.3 is 15.4 Å². The van der Waals surface area contributed by atoms with Crippen molar-refractivity contribution in [3.63, 3.8) is 0 Å². The van der Waals surface area contributed by atoms with Crippen molar-refractivity contribution < 1.29 is 4.74 Å². The Kier molecular flexibility index (Phi) is 3.84. The van der Waals surface area contributed by atoms with E-state index in [4.69, 9.17) is 4.74 Å². The van der Waals surface area contributed by atoms with E-state index in [1.807, 2.05) is 13.8 Å². The van der Waals surface area contributed by atoms with Crippen LogP contribution in [-0.2, 0) is 0 Å². The highest BCUT2D eigenvalue weighted by atomic mass is 16.5. The highest BCUT2D eigenvalue weighted by Crippen LogP contribution is 2.33. The van der Waals surface area contributed by atoms with Crippen LogP contribution >= 0.6 is 0 Å². The van der Waals surface area contributed by atoms with Crippen LogP contribution in [0.4, 0.5) is 11.9 Å². The molecule has 2 N–H and O–H groups in total. The van der Waals surface area contributed by atoms with Gasteiger partial charge >= 0.3 is 6.01 Å². The minimum atomic E-state index is 0.0470. The summed E-state index contributed by atoms with van der Waals surface area (Å²) in [6.45, 7) is 6.05. The molecule has 0 aliphatic heterocycles. The maximum Gasteiger partial charge on any atom is 0.323 e. The van der Waals surface area contributed by atoms with Gasteiger partial charge in [0.05, 0.1) is 6.10 Å². The van der Waals surface area contributed by atoms with Crippen molar-refractivity contribution >= 4 is 11.9 Å². The second kappa shape index (κ2) is 5.37. The molecule has 0 aromatic carbocycles. The molecule has 18 heavy (non-hydrogen) atoms. The predicted octanol–water partition coefficient (Wildman–Crippen LogP) is 1.91. The van der Waals surface area contributed by atoms with E-state index < -0.39 is 0 Å². The van der Waals surface area contributed by atoms with Crippen molar-refractivity contribution in [1.29, 1.82) is 0 Å². The highest BCUT2D eigenvalue weighted by molar-refractivity contribution is 5.36. The average Bonchev–Trinajstić information content (AvgIpc) is 3.11. The molecule has 100 valence electrons. The Hall–Kier alpha value is -1.59. The van der Waals surface area contributed by atoms with Crippen LogP contribution in [0.3, 0.4) is 0 Å². The molecule has 1 unspecified atom stereocenters. The molecule has 2 rings (SSSR count). The molecule has 1 atom stereocenters. The van der Waals surface area contributed by atoms with Crippen molar-refractivity contribution in [3.05, 3.63) is 0 Å². The first kappa shape index (κ1) is 12.9. The first-order valence-corrected chi connectivity index (χ1v) is 6.45. The molecule has 1 aromatic rings. The zero-order valence-electron chi connectivity index (χ0n) is 11.4. The maximum atomic E-state index is 5.51. The van der Waals surface area contributed by atoms with Crippen molar-refractivity contribution in [1.82, 2.24) is 15.0 Å². The van der Waals surface area contributed by atoms with Gasteiger partial charge in [-0.3, -0.25) is 0 Å². The van der Waals surface area contributed by atoms with Crippen LogP contribution in [0.5, 0.6) is 6.01 Å². The standard InChI is InChI=1S/C12H21N5O/c1-7(2)18-12-16-10(13-4)15-11(17-12)14-8(3)9-5-6-9/h7-9H,5-6H2,1-4H3,(H2,13,14,15,16,17). The van der Waals surface area contributed by atoms with Crippen LogP contribution in [0.1, 0.15) is 33.6 Å². The molecule has 1 aliphatic rings. The van der Waals surface area contributed by atoms with Gasteiger partial charge in [0.25, 0.3) is 0 Å². The largest absolute Gasteiger partial charge is 0.461 e. The lowest BCUT2D eigenvalue weighted by Gasteiger charge is -2.14. The first-order chi connectivity index (χ1) is 8.58. The van der Waals surface area contributed by atoms with E-state index in [2.05, 4.69) is 32.5 Å². The van der Waals surface area contributed by atoms with Crippen molar-refractivity contribution in [2.45, 2.75) is 45.8 Å². The second-order valence-electron chi connectivity index (χ2n) is 4.95. The molecule has 1 heterocycles. The van der Waals surface area contributed by atoms with Crippen LogP contribution in [0.2, 0.25) is 0 Å². The summed E-state index contributed by atoms with van der Waals surface area (Å²) in [6.07, 6.45) is 2.62. The van der Waals surface area contributed by atoms with E-state index in [-0.39, 0.29) is 6.10 Å². The first-order valence-electron chi connectivity index (χ1n) is 6.45. The quantitative estimate of drug-likeness (QED) is 0.804. The number of nitrogens with zero attached hydrogens (tertiary/aromatic N) is 3. The number of rotatable bonds is 6. The van der Waals surface area contributed by atoms with E-state index in [1.54, 1.807) is 7.05 Å². The molecule has 6 nitrogen and oxygen atoms in total. The molecular formula is C12H21N5O. The van der Waals surface area contributed by atoms with E-state index in [1.165, 1.54) is 12.8 Å². The third-order valence-electron chi connectivity index (χ3n) is 2.87. The predicted molar refractivity (Wildman–Crippen MR) is 70.9 cm³/mol. The zero-order valence-corrected chi connectivity index (χ0v) is 11.4. The monoisotopic (exact) mass is 251 g/mol. The fraction of sp³-hybridized carbons (Fsp3) is 0.750. The van der Waals surface area contributed by atoms with Crippen LogP contribution in [-0.4, -0.2) is 34.1 Å². The number of nitrogens with one attached hydrogen (secondary N) is 2. The number of hydrogen-bond donors (Lipinski definition) is 2. The van der Waals surface area contributed by atoms with Crippen LogP contribution in [0.15, 0.2) is 0 Å². The number of hydrogen-bond acceptors (Lipinski definition) is 6. The Morgan fingerprint density at radius 3 is 2.33 bits per heavy atom. The Balaban J connectivity index is 2.11. The SMILES string of the molecule is CNc1nc(NC(C)C2CC2)nc(OC(C)C)n1. The van der Waals surface area contributed by atoms with Crippen LogP contribution in [0.25, 0.3) is 0 Å². The second-order valence-corrected chi connectivity index (χ2v) is 4.95. The summed E-state index contributed by atoms with van der Waals surface area (Å²) in [7, 11) is 1.78. The fourth-order valence-corrected chi connectivity index (χ4v) is 1.71. The fourth-order valence-electron chi connectivity index (χ4n) is 1.71. The smallest absolute Gasteiger partial charge is 0.323 e. The van der Waals surface area contributed by atoms with E-state index in [0.29, 0.717) is 23.9 Å². The third kappa shape index (κ3) is 3.45. The molecule has 1 fully saturated rings. The lowest BCUT2D eigenvalue weighted by atomic mass is 10.2. The topological polar surface area (TPSA) is 72.0 Å². The molecule has 0 radical (unpaired) electrons. The van der Waals surface area contributed by atoms with Gasteiger partial charge in [-0.05, 0) is 39.5 Å². The number of ether oxygens (including phenoxy) is 1. The zero-order chi connectivity index (χ0) is 13.1. The molecule has 1 saturated carbocycles. The summed E-state index contributed by atoms with van der Waals surface area (Å²) in [5, 5.41) is 6.23. The van der Waals surface area contributed by atoms with Gasteiger partial charge in [0, 0.05) is 13.1 Å². The van der Waals surface area contributed by atoms with Gasteiger partial charge in [-0.25, -0.2) is 0 Å². The Labute approximate surface area is 108 Å². The van der Waals surface area contributed by atoms with Gasteiger partial charge in [-0.2, -0.15) is 15.0 Å². The number of anilines is 2. The summed E-state index contributed by atoms with van der Waals surface area (Å²) in [6, 6.07) is 0.749. The molecule has 1 aromatic heterocycles. The van der Waals surface area contributed by atoms with Crippen molar-refractivity contribution in [2.24, 2.45) is 5.92 Å². The van der Waals surface area contributed by atoms with Crippen LogP contribution < -0.4 is 15.4 Å². The van der Waals surface area contributed by atoms with Gasteiger partial charge in [-0.15, -0.1) is 0 Å². The lowest BCUT2D eigenvalue weighted by molar-refractivity contribution is 0.222. The summed E-state index contributed by atoms with van der Waals surface area (Å²) in [4.78, 5) is 12.7. The van der Waals surface area contributed by atoms with Gasteiger partial charge in [0.1, 0.15) is 0 Å². The third-order valence-corrected chi connectivity index (χ3v) is 2.87. The molecule has 0 saturated heterocycles. The minimum Gasteiger partial charge on any atom is -0.461 e. The Morgan fingerprint density at radius 1 is 1.11 bits per heavy atom. The lowest BCUT2D eigenvalue weighted by Crippen LogP contribution is -2.20. The normalized spacial score (nSPS) is 16.5. The molecule has 0 bridgehead atoms. The average molecular weight is 251 g/mol. The van der Waals surface area contributed by atoms with Gasteiger partial charge in [0.15, 0.2) is 0 Å². The molecule has 0 spiro atoms. The summed E-state index contributed by atoms with van der Waals surface area (Å²) in [5.74, 6) is 1.84. The summed E-state index contributed by atoms with van der Waals surface area (Å²) < 4.78 is 5.51. The van der Waals surface area contributed by atoms with Gasteiger partial charge in [-0.1, -0.05) is 0 Å². The Morgan fingerprint density at radius 2 is 1.78 bits per heavy atom. The van der Waals surface area contributed by atoms with Crippen molar-refractivity contribution in [3.8, 4) is 6.01 Å². The Bertz CT molecular complexity index is 405. The van der Waals surface area contributed by atoms with E-state index in [9.17, 15) is 0 Å². The molecular weight excluding hydrogens is 230 g/mol. The minimum absolute atomic E-state index is 0.0470.